The number of carbonyl (C=O) groups is 1. The second kappa shape index (κ2) is 5.37. The Kier molecular flexibility index (Phi) is 3.86. The molecular formula is C11H9BrN2O2S. The highest BCUT2D eigenvalue weighted by Crippen LogP contribution is 2.25. The van der Waals surface area contributed by atoms with Crippen LogP contribution in [0.4, 0.5) is 0 Å². The van der Waals surface area contributed by atoms with E-state index < -0.39 is 0 Å². The first-order chi connectivity index (χ1) is 8.20. The predicted molar refractivity (Wildman–Crippen MR) is 68.6 cm³/mol. The summed E-state index contributed by atoms with van der Waals surface area (Å²) in [4.78, 5) is 11.8. The molecule has 88 valence electrons. The number of aromatic nitrogens is 2. The fourth-order valence-corrected chi connectivity index (χ4v) is 2.40. The van der Waals surface area contributed by atoms with Crippen molar-refractivity contribution in [2.24, 2.45) is 0 Å². The molecular weight excluding hydrogens is 304 g/mol. The molecule has 1 aromatic heterocycles. The molecule has 0 saturated heterocycles. The van der Waals surface area contributed by atoms with Gasteiger partial charge < -0.3 is 4.74 Å². The smallest absolute Gasteiger partial charge is 0.188 e. The standard InChI is InChI=1S/C11H9BrN2O2S/c1-16-11-3-2-7(4-8(11)12)5-10(15)9-6-13-17-14-9/h2-4,6H,5H2,1H3. The van der Waals surface area contributed by atoms with Gasteiger partial charge >= 0.3 is 0 Å². The first kappa shape index (κ1) is 12.2. The molecule has 0 N–H and O–H groups in total. The van der Waals surface area contributed by atoms with Crippen molar-refractivity contribution in [3.63, 3.8) is 0 Å². The van der Waals surface area contributed by atoms with E-state index in [0.717, 1.165) is 27.5 Å². The molecule has 0 aliphatic heterocycles. The van der Waals surface area contributed by atoms with Crippen LogP contribution in [0, 0.1) is 0 Å². The van der Waals surface area contributed by atoms with E-state index in [9.17, 15) is 4.79 Å². The van der Waals surface area contributed by atoms with Crippen molar-refractivity contribution >= 4 is 33.4 Å². The normalized spacial score (nSPS) is 10.2. The van der Waals surface area contributed by atoms with Gasteiger partial charge in [-0.25, -0.2) is 0 Å². The SMILES string of the molecule is COc1ccc(CC(=O)c2cnsn2)cc1Br. The van der Waals surface area contributed by atoms with Crippen molar-refractivity contribution in [3.8, 4) is 5.75 Å². The maximum Gasteiger partial charge on any atom is 0.188 e. The summed E-state index contributed by atoms with van der Waals surface area (Å²) in [7, 11) is 1.60. The van der Waals surface area contributed by atoms with Crippen molar-refractivity contribution in [1.29, 1.82) is 0 Å². The van der Waals surface area contributed by atoms with Crippen molar-refractivity contribution in [2.75, 3.05) is 7.11 Å². The van der Waals surface area contributed by atoms with Crippen LogP contribution in [0.1, 0.15) is 16.1 Å². The molecule has 0 unspecified atom stereocenters. The minimum Gasteiger partial charge on any atom is -0.496 e. The van der Waals surface area contributed by atoms with Crippen LogP contribution >= 0.6 is 27.7 Å². The summed E-state index contributed by atoms with van der Waals surface area (Å²) in [5.74, 6) is 0.715. The number of rotatable bonds is 4. The maximum atomic E-state index is 11.8. The van der Waals surface area contributed by atoms with E-state index >= 15 is 0 Å². The number of nitrogens with zero attached hydrogens (tertiary/aromatic N) is 2. The Morgan fingerprint density at radius 2 is 2.35 bits per heavy atom. The van der Waals surface area contributed by atoms with Gasteiger partial charge in [-0.2, -0.15) is 8.75 Å². The van der Waals surface area contributed by atoms with Crippen molar-refractivity contribution < 1.29 is 9.53 Å². The number of methoxy groups -OCH3 is 1. The van der Waals surface area contributed by atoms with Crippen molar-refractivity contribution in [2.45, 2.75) is 6.42 Å². The van der Waals surface area contributed by atoms with Gasteiger partial charge in [0.2, 0.25) is 0 Å². The van der Waals surface area contributed by atoms with Gasteiger partial charge in [0.15, 0.2) is 5.78 Å². The van der Waals surface area contributed by atoms with E-state index in [1.807, 2.05) is 18.2 Å². The topological polar surface area (TPSA) is 52.1 Å². The van der Waals surface area contributed by atoms with Gasteiger partial charge in [-0.3, -0.25) is 4.79 Å². The van der Waals surface area contributed by atoms with Gasteiger partial charge in [0.05, 0.1) is 29.5 Å². The summed E-state index contributed by atoms with van der Waals surface area (Å²) in [5.41, 5.74) is 1.33. The van der Waals surface area contributed by atoms with Gasteiger partial charge in [-0.15, -0.1) is 0 Å². The zero-order chi connectivity index (χ0) is 12.3. The lowest BCUT2D eigenvalue weighted by molar-refractivity contribution is 0.0989. The number of ether oxygens (including phenoxy) is 1. The van der Waals surface area contributed by atoms with Gasteiger partial charge in [-0.1, -0.05) is 6.07 Å². The largest absolute Gasteiger partial charge is 0.496 e. The molecule has 0 atom stereocenters. The van der Waals surface area contributed by atoms with Crippen molar-refractivity contribution in [1.82, 2.24) is 8.75 Å². The van der Waals surface area contributed by atoms with Crippen LogP contribution < -0.4 is 4.74 Å². The van der Waals surface area contributed by atoms with E-state index in [1.54, 1.807) is 7.11 Å². The lowest BCUT2D eigenvalue weighted by Crippen LogP contribution is -2.03. The maximum absolute atomic E-state index is 11.8. The molecule has 0 fully saturated rings. The molecule has 0 saturated carbocycles. The lowest BCUT2D eigenvalue weighted by atomic mass is 10.1. The molecule has 4 nitrogen and oxygen atoms in total. The Bertz CT molecular complexity index is 528. The van der Waals surface area contributed by atoms with Crippen LogP contribution in [-0.4, -0.2) is 21.6 Å². The molecule has 1 heterocycles. The summed E-state index contributed by atoms with van der Waals surface area (Å²) in [6.07, 6.45) is 1.81. The summed E-state index contributed by atoms with van der Waals surface area (Å²) >= 11 is 4.42. The monoisotopic (exact) mass is 312 g/mol. The first-order valence-corrected chi connectivity index (χ1v) is 6.36. The third kappa shape index (κ3) is 2.89. The summed E-state index contributed by atoms with van der Waals surface area (Å²) < 4.78 is 13.7. The molecule has 17 heavy (non-hydrogen) atoms. The Morgan fingerprint density at radius 1 is 1.53 bits per heavy atom. The molecule has 6 heteroatoms. The van der Waals surface area contributed by atoms with Gasteiger partial charge in [-0.05, 0) is 33.6 Å². The quantitative estimate of drug-likeness (QED) is 0.815. The Balaban J connectivity index is 2.14. The van der Waals surface area contributed by atoms with E-state index in [0.29, 0.717) is 12.1 Å². The summed E-state index contributed by atoms with van der Waals surface area (Å²) in [6.45, 7) is 0. The Hall–Kier alpha value is -1.27. The van der Waals surface area contributed by atoms with E-state index in [2.05, 4.69) is 24.7 Å². The number of hydrogen-bond acceptors (Lipinski definition) is 5. The molecule has 0 aliphatic carbocycles. The second-order valence-corrected chi connectivity index (χ2v) is 4.77. The highest BCUT2D eigenvalue weighted by Gasteiger charge is 2.11. The van der Waals surface area contributed by atoms with Crippen LogP contribution in [-0.2, 0) is 6.42 Å². The zero-order valence-corrected chi connectivity index (χ0v) is 11.4. The average Bonchev–Trinajstić information content (AvgIpc) is 2.82. The number of hydrogen-bond donors (Lipinski definition) is 0. The first-order valence-electron chi connectivity index (χ1n) is 4.84. The van der Waals surface area contributed by atoms with E-state index in [4.69, 9.17) is 4.74 Å². The molecule has 2 rings (SSSR count). The second-order valence-electron chi connectivity index (χ2n) is 3.36. The molecule has 0 spiro atoms. The van der Waals surface area contributed by atoms with Crippen LogP contribution in [0.2, 0.25) is 0 Å². The van der Waals surface area contributed by atoms with Crippen LogP contribution in [0.3, 0.4) is 0 Å². The van der Waals surface area contributed by atoms with Crippen LogP contribution in [0.15, 0.2) is 28.9 Å². The van der Waals surface area contributed by atoms with Crippen molar-refractivity contribution in [3.05, 3.63) is 40.1 Å². The summed E-state index contributed by atoms with van der Waals surface area (Å²) in [6, 6.07) is 5.56. The third-order valence-corrected chi connectivity index (χ3v) is 3.33. The molecule has 2 aromatic rings. The summed E-state index contributed by atoms with van der Waals surface area (Å²) in [5, 5.41) is 0. The molecule has 0 amide bonds. The Labute approximate surface area is 111 Å². The highest BCUT2D eigenvalue weighted by atomic mass is 79.9. The van der Waals surface area contributed by atoms with E-state index in [-0.39, 0.29) is 5.78 Å². The Morgan fingerprint density at radius 3 is 2.94 bits per heavy atom. The van der Waals surface area contributed by atoms with Crippen LogP contribution in [0.5, 0.6) is 5.75 Å². The third-order valence-electron chi connectivity index (χ3n) is 2.23. The number of Topliss-reactive ketones (excluding diaryl/α,β-unsaturated/α-hetero) is 1. The lowest BCUT2D eigenvalue weighted by Gasteiger charge is -2.05. The van der Waals surface area contributed by atoms with Crippen LogP contribution in [0.25, 0.3) is 0 Å². The minimum absolute atomic E-state index is 0.0317. The predicted octanol–water partition coefficient (Wildman–Crippen LogP) is 2.73. The van der Waals surface area contributed by atoms with Gasteiger partial charge in [0.1, 0.15) is 11.4 Å². The zero-order valence-electron chi connectivity index (χ0n) is 9.01. The fraction of sp³-hybridized carbons (Fsp3) is 0.182. The fourth-order valence-electron chi connectivity index (χ4n) is 1.38. The molecule has 0 radical (unpaired) electrons. The minimum atomic E-state index is -0.0317. The average molecular weight is 313 g/mol. The number of halogens is 1. The van der Waals surface area contributed by atoms with E-state index in [1.165, 1.54) is 6.20 Å². The molecule has 0 bridgehead atoms. The molecule has 1 aromatic carbocycles. The van der Waals surface area contributed by atoms with Gasteiger partial charge in [0.25, 0.3) is 0 Å². The number of benzene rings is 1. The van der Waals surface area contributed by atoms with Gasteiger partial charge in [0, 0.05) is 6.42 Å². The highest BCUT2D eigenvalue weighted by molar-refractivity contribution is 9.10. The number of ketones is 1. The number of carbonyl (C=O) groups excluding carboxylic acids is 1. The molecule has 0 aliphatic rings.